The minimum Gasteiger partial charge on any atom is -0.508 e. The largest absolute Gasteiger partial charge is 0.508 e. The van der Waals surface area contributed by atoms with E-state index in [1.807, 2.05) is 47.8 Å². The average molecular weight is 527 g/mol. The monoisotopic (exact) mass is 526 g/mol. The highest BCUT2D eigenvalue weighted by molar-refractivity contribution is 7.09. The molecule has 194 valence electrons. The van der Waals surface area contributed by atoms with Crippen molar-refractivity contribution in [3.63, 3.8) is 0 Å². The molecule has 38 heavy (non-hydrogen) atoms. The Balaban J connectivity index is 1.22. The maximum Gasteiger partial charge on any atom is 0.234 e. The summed E-state index contributed by atoms with van der Waals surface area (Å²) in [6, 6.07) is 17.0. The summed E-state index contributed by atoms with van der Waals surface area (Å²) in [5, 5.41) is 11.6. The Hall–Kier alpha value is -3.55. The lowest BCUT2D eigenvalue weighted by Gasteiger charge is -2.30. The Labute approximate surface area is 226 Å². The first-order valence-electron chi connectivity index (χ1n) is 13.1. The molecule has 3 aliphatic rings. The van der Waals surface area contributed by atoms with Crippen molar-refractivity contribution in [3.05, 3.63) is 93.5 Å². The molecular weight excluding hydrogens is 496 g/mol. The molecule has 2 aliphatic heterocycles. The molecule has 4 heterocycles. The summed E-state index contributed by atoms with van der Waals surface area (Å²) in [4.78, 5) is 33.9. The van der Waals surface area contributed by atoms with Gasteiger partial charge in [-0.3, -0.25) is 19.5 Å². The molecule has 7 heteroatoms. The van der Waals surface area contributed by atoms with Crippen molar-refractivity contribution >= 4 is 34.8 Å². The molecule has 0 radical (unpaired) electrons. The number of phenolic OH excluding ortho intramolecular Hbond substituents is 1. The fraction of sp³-hybridized carbons (Fsp3) is 0.323. The number of hydrogen-bond donors (Lipinski definition) is 1. The number of thiophene rings is 1. The van der Waals surface area contributed by atoms with Crippen LogP contribution in [0.4, 0.5) is 0 Å². The summed E-state index contributed by atoms with van der Waals surface area (Å²) < 4.78 is 6.34. The van der Waals surface area contributed by atoms with Gasteiger partial charge in [-0.1, -0.05) is 29.8 Å². The van der Waals surface area contributed by atoms with Crippen molar-refractivity contribution in [2.45, 2.75) is 38.8 Å². The van der Waals surface area contributed by atoms with Crippen molar-refractivity contribution in [2.75, 3.05) is 6.61 Å². The fourth-order valence-electron chi connectivity index (χ4n) is 6.29. The molecule has 6 rings (SSSR count). The molecule has 2 amide bonds. The van der Waals surface area contributed by atoms with Crippen LogP contribution in [-0.4, -0.2) is 39.5 Å². The summed E-state index contributed by atoms with van der Waals surface area (Å²) in [5.41, 5.74) is 5.40. The molecule has 1 aliphatic carbocycles. The van der Waals surface area contributed by atoms with Crippen LogP contribution in [0.15, 0.2) is 77.3 Å². The van der Waals surface area contributed by atoms with Crippen LogP contribution in [0.2, 0.25) is 0 Å². The van der Waals surface area contributed by atoms with Crippen LogP contribution in [0, 0.1) is 17.8 Å². The summed E-state index contributed by atoms with van der Waals surface area (Å²) in [5.74, 6) is -0.494. The van der Waals surface area contributed by atoms with Crippen LogP contribution >= 0.6 is 11.3 Å². The van der Waals surface area contributed by atoms with Crippen molar-refractivity contribution in [2.24, 2.45) is 17.8 Å². The lowest BCUT2D eigenvalue weighted by atomic mass is 9.70. The first-order chi connectivity index (χ1) is 18.5. The summed E-state index contributed by atoms with van der Waals surface area (Å²) in [6.07, 6.45) is 5.95. The van der Waals surface area contributed by atoms with Gasteiger partial charge in [0.05, 0.1) is 36.8 Å². The highest BCUT2D eigenvalue weighted by atomic mass is 32.1. The van der Waals surface area contributed by atoms with E-state index in [0.29, 0.717) is 19.6 Å². The number of nitrogens with zero attached hydrogens (tertiary/aromatic N) is 2. The van der Waals surface area contributed by atoms with Gasteiger partial charge in [0.15, 0.2) is 0 Å². The zero-order valence-electron chi connectivity index (χ0n) is 21.2. The van der Waals surface area contributed by atoms with Gasteiger partial charge < -0.3 is 9.84 Å². The van der Waals surface area contributed by atoms with E-state index in [0.717, 1.165) is 34.5 Å². The standard InChI is InChI=1S/C31H30N2O4S/c1-19-15-24-29(31(36)33(30(24)35)17-23-5-4-14-38-23)25-18-37-27(28(19)25)12-9-21(26-6-2-3-13-32-26)16-20-7-10-22(34)11-8-20/h2-8,10-11,13-14,16,24-25,27,29,34H,9,12,15,17-18H2,1H3/b21-16-/t24-,25+,27-,29-/m1/s1. The number of phenols is 1. The van der Waals surface area contributed by atoms with E-state index in [4.69, 9.17) is 4.74 Å². The van der Waals surface area contributed by atoms with E-state index in [-0.39, 0.29) is 41.4 Å². The lowest BCUT2D eigenvalue weighted by Crippen LogP contribution is -2.34. The number of fused-ring (bicyclic) bond motifs is 3. The Morgan fingerprint density at radius 2 is 1.95 bits per heavy atom. The number of rotatable bonds is 7. The van der Waals surface area contributed by atoms with E-state index in [1.54, 1.807) is 29.7 Å². The molecule has 2 aromatic heterocycles. The summed E-state index contributed by atoms with van der Waals surface area (Å²) in [7, 11) is 0. The van der Waals surface area contributed by atoms with Crippen molar-refractivity contribution in [1.29, 1.82) is 0 Å². The molecule has 3 aromatic rings. The number of carbonyl (C=O) groups excluding carboxylic acids is 2. The Morgan fingerprint density at radius 3 is 2.68 bits per heavy atom. The van der Waals surface area contributed by atoms with Gasteiger partial charge in [0.2, 0.25) is 11.8 Å². The zero-order chi connectivity index (χ0) is 26.2. The van der Waals surface area contributed by atoms with Crippen LogP contribution in [0.1, 0.15) is 42.3 Å². The highest BCUT2D eigenvalue weighted by Crippen LogP contribution is 2.50. The minimum atomic E-state index is -0.325. The third kappa shape index (κ3) is 4.61. The lowest BCUT2D eigenvalue weighted by molar-refractivity contribution is -0.140. The molecule has 0 bridgehead atoms. The third-order valence-electron chi connectivity index (χ3n) is 8.04. The second kappa shape index (κ2) is 10.3. The molecule has 0 unspecified atom stereocenters. The maximum atomic E-state index is 13.5. The van der Waals surface area contributed by atoms with Crippen LogP contribution in [-0.2, 0) is 20.9 Å². The van der Waals surface area contributed by atoms with Gasteiger partial charge in [-0.2, -0.15) is 0 Å². The number of hydrogen-bond acceptors (Lipinski definition) is 6. The number of ether oxygens (including phenoxy) is 1. The van der Waals surface area contributed by atoms with Crippen molar-refractivity contribution < 1.29 is 19.4 Å². The number of imide groups is 1. The SMILES string of the molecule is CC1=C2[C@@H](CC/C(=C/c3ccc(O)cc3)c3ccccn3)OC[C@@H]2[C@@H]2C(=O)N(Cc3cccs3)C(=O)[C@@H]2C1. The van der Waals surface area contributed by atoms with Crippen LogP contribution in [0.3, 0.4) is 0 Å². The second-order valence-electron chi connectivity index (χ2n) is 10.4. The normalized spacial score (nSPS) is 25.2. The summed E-state index contributed by atoms with van der Waals surface area (Å²) >= 11 is 1.57. The van der Waals surface area contributed by atoms with E-state index in [9.17, 15) is 14.7 Å². The maximum absolute atomic E-state index is 13.5. The van der Waals surface area contributed by atoms with Gasteiger partial charge in [-0.15, -0.1) is 11.3 Å². The fourth-order valence-corrected chi connectivity index (χ4v) is 6.99. The van der Waals surface area contributed by atoms with E-state index >= 15 is 0 Å². The van der Waals surface area contributed by atoms with Gasteiger partial charge in [0, 0.05) is 17.0 Å². The predicted molar refractivity (Wildman–Crippen MR) is 147 cm³/mol. The first kappa shape index (κ1) is 24.8. The Morgan fingerprint density at radius 1 is 1.11 bits per heavy atom. The van der Waals surface area contributed by atoms with Crippen molar-refractivity contribution in [1.82, 2.24) is 9.88 Å². The third-order valence-corrected chi connectivity index (χ3v) is 8.90. The average Bonchev–Trinajstić information content (AvgIpc) is 3.65. The van der Waals surface area contributed by atoms with Crippen LogP contribution < -0.4 is 0 Å². The Kier molecular flexibility index (Phi) is 6.72. The quantitative estimate of drug-likeness (QED) is 0.315. The van der Waals surface area contributed by atoms with Crippen LogP contribution in [0.25, 0.3) is 11.6 Å². The number of aromatic nitrogens is 1. The molecule has 0 saturated carbocycles. The predicted octanol–water partition coefficient (Wildman–Crippen LogP) is 5.71. The number of amides is 2. The van der Waals surface area contributed by atoms with Gasteiger partial charge in [0.25, 0.3) is 0 Å². The molecule has 0 spiro atoms. The van der Waals surface area contributed by atoms with Gasteiger partial charge in [0.1, 0.15) is 5.75 Å². The van der Waals surface area contributed by atoms with E-state index in [2.05, 4.69) is 18.0 Å². The zero-order valence-corrected chi connectivity index (χ0v) is 22.1. The molecule has 1 aromatic carbocycles. The topological polar surface area (TPSA) is 79.7 Å². The van der Waals surface area contributed by atoms with E-state index < -0.39 is 0 Å². The first-order valence-corrected chi connectivity index (χ1v) is 14.0. The number of allylic oxidation sites excluding steroid dienone is 2. The van der Waals surface area contributed by atoms with Gasteiger partial charge in [-0.25, -0.2) is 0 Å². The Bertz CT molecular complexity index is 1400. The van der Waals surface area contributed by atoms with Gasteiger partial charge >= 0.3 is 0 Å². The van der Waals surface area contributed by atoms with Crippen LogP contribution in [0.5, 0.6) is 5.75 Å². The number of aromatic hydroxyl groups is 1. The van der Waals surface area contributed by atoms with Gasteiger partial charge in [-0.05, 0) is 84.7 Å². The summed E-state index contributed by atoms with van der Waals surface area (Å²) in [6.45, 7) is 2.94. The molecule has 2 fully saturated rings. The molecular formula is C31H30N2O4S. The number of carbonyl (C=O) groups is 2. The number of benzene rings is 1. The number of pyridine rings is 1. The molecule has 1 N–H and O–H groups in total. The van der Waals surface area contributed by atoms with Crippen molar-refractivity contribution in [3.8, 4) is 5.75 Å². The second-order valence-corrected chi connectivity index (χ2v) is 11.4. The van der Waals surface area contributed by atoms with E-state index in [1.165, 1.54) is 16.0 Å². The number of likely N-dealkylation sites (tertiary alicyclic amines) is 1. The molecule has 2 saturated heterocycles. The molecule has 6 nitrogen and oxygen atoms in total. The smallest absolute Gasteiger partial charge is 0.234 e. The minimum absolute atomic E-state index is 0.0375. The molecule has 4 atom stereocenters. The highest BCUT2D eigenvalue weighted by Gasteiger charge is 2.56.